The minimum atomic E-state index is -4.38. The Morgan fingerprint density at radius 2 is 2.00 bits per heavy atom. The van der Waals surface area contributed by atoms with Crippen molar-refractivity contribution in [2.24, 2.45) is 5.73 Å². The Hall–Kier alpha value is -1.27. The molecule has 0 radical (unpaired) electrons. The lowest BCUT2D eigenvalue weighted by atomic mass is 10.1. The van der Waals surface area contributed by atoms with E-state index in [0.29, 0.717) is 25.2 Å². The Morgan fingerprint density at radius 3 is 2.47 bits per heavy atom. The average Bonchev–Trinajstić information content (AvgIpc) is 2.38. The normalized spacial score (nSPS) is 11.7. The Morgan fingerprint density at radius 1 is 1.32 bits per heavy atom. The van der Waals surface area contributed by atoms with Crippen LogP contribution in [-0.2, 0) is 12.7 Å². The first kappa shape index (κ1) is 15.8. The van der Waals surface area contributed by atoms with E-state index < -0.39 is 11.7 Å². The van der Waals surface area contributed by atoms with E-state index in [-0.39, 0.29) is 18.7 Å². The van der Waals surface area contributed by atoms with Gasteiger partial charge in [0.15, 0.2) is 0 Å². The van der Waals surface area contributed by atoms with Gasteiger partial charge in [-0.15, -0.1) is 0 Å². The topological polar surface area (TPSA) is 49.5 Å². The molecule has 0 saturated heterocycles. The third-order valence-electron chi connectivity index (χ3n) is 2.95. The third-order valence-corrected chi connectivity index (χ3v) is 2.95. The van der Waals surface area contributed by atoms with Crippen LogP contribution in [0.2, 0.25) is 0 Å². The van der Waals surface area contributed by atoms with E-state index in [1.165, 1.54) is 12.1 Å². The van der Waals surface area contributed by atoms with Gasteiger partial charge in [-0.25, -0.2) is 0 Å². The van der Waals surface area contributed by atoms with Gasteiger partial charge in [0.25, 0.3) is 0 Å². The molecule has 1 rings (SSSR count). The molecule has 0 heterocycles. The summed E-state index contributed by atoms with van der Waals surface area (Å²) in [4.78, 5) is 1.91. The summed E-state index contributed by atoms with van der Waals surface area (Å²) in [5, 5.41) is 8.81. The average molecular weight is 276 g/mol. The van der Waals surface area contributed by atoms with E-state index in [9.17, 15) is 13.2 Å². The summed E-state index contributed by atoms with van der Waals surface area (Å²) in [6.45, 7) is 3.08. The number of alkyl halides is 3. The van der Waals surface area contributed by atoms with E-state index in [0.717, 1.165) is 6.07 Å². The molecule has 0 saturated carbocycles. The van der Waals surface area contributed by atoms with Crippen molar-refractivity contribution in [1.29, 1.82) is 0 Å². The Bertz CT molecular complexity index is 407. The van der Waals surface area contributed by atoms with Crippen LogP contribution < -0.4 is 10.6 Å². The second kappa shape index (κ2) is 6.77. The van der Waals surface area contributed by atoms with E-state index >= 15 is 0 Å². The quantitative estimate of drug-likeness (QED) is 0.838. The maximum Gasteiger partial charge on any atom is 0.416 e. The molecule has 108 valence electrons. The number of aliphatic hydroxyl groups is 1. The number of benzene rings is 1. The first-order valence-electron chi connectivity index (χ1n) is 6.20. The van der Waals surface area contributed by atoms with Gasteiger partial charge < -0.3 is 15.7 Å². The summed E-state index contributed by atoms with van der Waals surface area (Å²) in [6, 6.07) is 3.99. The molecule has 1 aromatic carbocycles. The number of nitrogens with two attached hydrogens (primary N) is 1. The largest absolute Gasteiger partial charge is 0.416 e. The van der Waals surface area contributed by atoms with Gasteiger partial charge in [0, 0.05) is 31.9 Å². The van der Waals surface area contributed by atoms with Crippen molar-refractivity contribution in [2.75, 3.05) is 24.6 Å². The predicted octanol–water partition coefficient (Wildman–Crippen LogP) is 2.37. The number of anilines is 1. The summed E-state index contributed by atoms with van der Waals surface area (Å²) in [5.74, 6) is 0. The van der Waals surface area contributed by atoms with Crippen LogP contribution >= 0.6 is 0 Å². The number of rotatable bonds is 6. The van der Waals surface area contributed by atoms with E-state index in [1.54, 1.807) is 0 Å². The molecule has 0 aliphatic heterocycles. The summed E-state index contributed by atoms with van der Waals surface area (Å²) < 4.78 is 38.3. The maximum atomic E-state index is 12.8. The molecular formula is C13H19F3N2O. The Kier molecular flexibility index (Phi) is 5.62. The first-order valence-corrected chi connectivity index (χ1v) is 6.20. The van der Waals surface area contributed by atoms with E-state index in [4.69, 9.17) is 10.8 Å². The Labute approximate surface area is 110 Å². The fourth-order valence-corrected chi connectivity index (χ4v) is 1.95. The predicted molar refractivity (Wildman–Crippen MR) is 68.9 cm³/mol. The number of nitrogens with zero attached hydrogens (tertiary/aromatic N) is 1. The molecule has 1 aromatic rings. The smallest absolute Gasteiger partial charge is 0.396 e. The number of aliphatic hydroxyl groups excluding tert-OH is 1. The zero-order chi connectivity index (χ0) is 14.5. The summed E-state index contributed by atoms with van der Waals surface area (Å²) >= 11 is 0. The monoisotopic (exact) mass is 276 g/mol. The molecule has 0 bridgehead atoms. The highest BCUT2D eigenvalue weighted by Gasteiger charge is 2.33. The summed E-state index contributed by atoms with van der Waals surface area (Å²) in [5.41, 5.74) is 5.50. The van der Waals surface area contributed by atoms with Crippen molar-refractivity contribution in [2.45, 2.75) is 26.1 Å². The zero-order valence-corrected chi connectivity index (χ0v) is 10.9. The van der Waals surface area contributed by atoms with Crippen molar-refractivity contribution < 1.29 is 18.3 Å². The Balaban J connectivity index is 3.04. The molecule has 3 N–H and O–H groups in total. The molecule has 0 aromatic heterocycles. The first-order chi connectivity index (χ1) is 8.93. The van der Waals surface area contributed by atoms with Gasteiger partial charge >= 0.3 is 6.18 Å². The molecule has 3 nitrogen and oxygen atoms in total. The highest BCUT2D eigenvalue weighted by molar-refractivity contribution is 5.51. The van der Waals surface area contributed by atoms with Crippen LogP contribution in [0.4, 0.5) is 18.9 Å². The SMILES string of the molecule is CCN(CCCO)c1ccc(C(F)(F)F)c(CN)c1. The van der Waals surface area contributed by atoms with Gasteiger partial charge in [-0.05, 0) is 37.1 Å². The minimum Gasteiger partial charge on any atom is -0.396 e. The van der Waals surface area contributed by atoms with Crippen LogP contribution in [-0.4, -0.2) is 24.8 Å². The summed E-state index contributed by atoms with van der Waals surface area (Å²) in [7, 11) is 0. The van der Waals surface area contributed by atoms with Crippen LogP contribution in [0.5, 0.6) is 0 Å². The molecule has 0 spiro atoms. The fraction of sp³-hybridized carbons (Fsp3) is 0.538. The molecular weight excluding hydrogens is 257 g/mol. The number of halogens is 3. The molecule has 19 heavy (non-hydrogen) atoms. The van der Waals surface area contributed by atoms with Gasteiger partial charge in [0.05, 0.1) is 5.56 Å². The highest BCUT2D eigenvalue weighted by atomic mass is 19.4. The number of hydrogen-bond acceptors (Lipinski definition) is 3. The molecule has 0 atom stereocenters. The van der Waals surface area contributed by atoms with Crippen LogP contribution in [0.25, 0.3) is 0 Å². The van der Waals surface area contributed by atoms with Crippen LogP contribution in [0, 0.1) is 0 Å². The van der Waals surface area contributed by atoms with Crippen molar-refractivity contribution >= 4 is 5.69 Å². The lowest BCUT2D eigenvalue weighted by molar-refractivity contribution is -0.138. The molecule has 0 unspecified atom stereocenters. The van der Waals surface area contributed by atoms with Gasteiger partial charge in [-0.3, -0.25) is 0 Å². The molecule has 0 aliphatic rings. The highest BCUT2D eigenvalue weighted by Crippen LogP contribution is 2.33. The van der Waals surface area contributed by atoms with E-state index in [1.807, 2.05) is 11.8 Å². The van der Waals surface area contributed by atoms with Crippen LogP contribution in [0.1, 0.15) is 24.5 Å². The van der Waals surface area contributed by atoms with Gasteiger partial charge in [0.1, 0.15) is 0 Å². The van der Waals surface area contributed by atoms with Crippen molar-refractivity contribution in [3.63, 3.8) is 0 Å². The third kappa shape index (κ3) is 4.11. The minimum absolute atomic E-state index is 0.0564. The van der Waals surface area contributed by atoms with Gasteiger partial charge in [0.2, 0.25) is 0 Å². The maximum absolute atomic E-state index is 12.8. The molecule has 0 fully saturated rings. The number of hydrogen-bond donors (Lipinski definition) is 2. The molecule has 6 heteroatoms. The van der Waals surface area contributed by atoms with Crippen molar-refractivity contribution in [3.05, 3.63) is 29.3 Å². The van der Waals surface area contributed by atoms with Gasteiger partial charge in [-0.2, -0.15) is 13.2 Å². The second-order valence-corrected chi connectivity index (χ2v) is 4.20. The van der Waals surface area contributed by atoms with Crippen LogP contribution in [0.15, 0.2) is 18.2 Å². The standard InChI is InChI=1S/C13H19F3N2O/c1-2-18(6-3-7-19)11-4-5-12(13(14,15)16)10(8-11)9-17/h4-5,8,19H,2-3,6-7,9,17H2,1H3. The van der Waals surface area contributed by atoms with Crippen LogP contribution in [0.3, 0.4) is 0 Å². The summed E-state index contributed by atoms with van der Waals surface area (Å²) in [6.07, 6.45) is -3.80. The van der Waals surface area contributed by atoms with E-state index in [2.05, 4.69) is 0 Å². The van der Waals surface area contributed by atoms with Crippen molar-refractivity contribution in [3.8, 4) is 0 Å². The zero-order valence-electron chi connectivity index (χ0n) is 10.9. The molecule has 0 aliphatic carbocycles. The fourth-order valence-electron chi connectivity index (χ4n) is 1.95. The lowest BCUT2D eigenvalue weighted by Gasteiger charge is -2.24. The molecule has 0 amide bonds. The lowest BCUT2D eigenvalue weighted by Crippen LogP contribution is -2.25. The second-order valence-electron chi connectivity index (χ2n) is 4.20. The van der Waals surface area contributed by atoms with Gasteiger partial charge in [-0.1, -0.05) is 0 Å². The van der Waals surface area contributed by atoms with Crippen molar-refractivity contribution in [1.82, 2.24) is 0 Å².